The predicted molar refractivity (Wildman–Crippen MR) is 48.8 cm³/mol. The molecule has 1 heterocycles. The molecule has 0 aromatic heterocycles. The summed E-state index contributed by atoms with van der Waals surface area (Å²) in [7, 11) is 0. The van der Waals surface area contributed by atoms with Gasteiger partial charge in [0.25, 0.3) is 0 Å². The third-order valence-corrected chi connectivity index (χ3v) is 2.79. The minimum Gasteiger partial charge on any atom is -0.328 e. The molecule has 0 aliphatic carbocycles. The van der Waals surface area contributed by atoms with Crippen molar-refractivity contribution in [2.24, 2.45) is 5.73 Å². The van der Waals surface area contributed by atoms with Gasteiger partial charge in [-0.05, 0) is 13.3 Å². The molecule has 0 spiro atoms. The average molecular weight is 184 g/mol. The summed E-state index contributed by atoms with van der Waals surface area (Å²) < 4.78 is 0. The largest absolute Gasteiger partial charge is 0.328 e. The normalized spacial score (nSPS) is 22.2. The van der Waals surface area contributed by atoms with Gasteiger partial charge in [0.1, 0.15) is 0 Å². The van der Waals surface area contributed by atoms with Crippen molar-refractivity contribution < 1.29 is 9.59 Å². The Bertz CT molecular complexity index is 218. The van der Waals surface area contributed by atoms with Crippen LogP contribution in [0.15, 0.2) is 0 Å². The van der Waals surface area contributed by atoms with E-state index < -0.39 is 5.54 Å². The zero-order valence-electron chi connectivity index (χ0n) is 8.17. The lowest BCUT2D eigenvalue weighted by atomic mass is 9.97. The second kappa shape index (κ2) is 3.46. The monoisotopic (exact) mass is 184 g/mol. The molecule has 1 atom stereocenters. The van der Waals surface area contributed by atoms with Gasteiger partial charge in [0.15, 0.2) is 0 Å². The van der Waals surface area contributed by atoms with Crippen molar-refractivity contribution in [3.05, 3.63) is 0 Å². The lowest BCUT2D eigenvalue weighted by molar-refractivity contribution is -0.144. The highest BCUT2D eigenvalue weighted by molar-refractivity contribution is 6.02. The molecule has 2 amide bonds. The lowest BCUT2D eigenvalue weighted by Gasteiger charge is -2.35. The van der Waals surface area contributed by atoms with Gasteiger partial charge in [0.05, 0.1) is 5.54 Å². The molecule has 0 aromatic carbocycles. The average Bonchev–Trinajstić information content (AvgIpc) is 2.46. The first-order valence-electron chi connectivity index (χ1n) is 4.61. The SMILES string of the molecule is CCC(C)(CN)N1C(=O)CCC1=O. The molecule has 74 valence electrons. The van der Waals surface area contributed by atoms with E-state index in [4.69, 9.17) is 5.73 Å². The van der Waals surface area contributed by atoms with Gasteiger partial charge in [-0.25, -0.2) is 0 Å². The zero-order valence-corrected chi connectivity index (χ0v) is 8.17. The van der Waals surface area contributed by atoms with E-state index in [0.29, 0.717) is 25.8 Å². The molecule has 2 N–H and O–H groups in total. The highest BCUT2D eigenvalue weighted by Crippen LogP contribution is 2.25. The van der Waals surface area contributed by atoms with Crippen molar-refractivity contribution in [1.82, 2.24) is 4.90 Å². The van der Waals surface area contributed by atoms with Crippen LogP contribution in [0.3, 0.4) is 0 Å². The molecule has 13 heavy (non-hydrogen) atoms. The maximum Gasteiger partial charge on any atom is 0.230 e. The van der Waals surface area contributed by atoms with Crippen molar-refractivity contribution in [2.45, 2.75) is 38.6 Å². The quantitative estimate of drug-likeness (QED) is 0.640. The molecule has 0 aromatic rings. The zero-order chi connectivity index (χ0) is 10.1. The van der Waals surface area contributed by atoms with Crippen LogP contribution >= 0.6 is 0 Å². The van der Waals surface area contributed by atoms with Crippen LogP contribution in [0.4, 0.5) is 0 Å². The molecule has 4 nitrogen and oxygen atoms in total. The minimum absolute atomic E-state index is 0.0835. The summed E-state index contributed by atoms with van der Waals surface area (Å²) in [6.45, 7) is 4.13. The molecule has 0 bridgehead atoms. The van der Waals surface area contributed by atoms with E-state index in [1.165, 1.54) is 4.90 Å². The molecule has 0 saturated carbocycles. The number of hydrogen-bond donors (Lipinski definition) is 1. The van der Waals surface area contributed by atoms with Crippen molar-refractivity contribution in [1.29, 1.82) is 0 Å². The Labute approximate surface area is 78.1 Å². The minimum atomic E-state index is -0.481. The fourth-order valence-electron chi connectivity index (χ4n) is 1.57. The maximum absolute atomic E-state index is 11.4. The number of imide groups is 1. The second-order valence-electron chi connectivity index (χ2n) is 3.68. The van der Waals surface area contributed by atoms with Gasteiger partial charge in [-0.1, -0.05) is 6.92 Å². The third-order valence-electron chi connectivity index (χ3n) is 2.79. The van der Waals surface area contributed by atoms with E-state index in [2.05, 4.69) is 0 Å². The van der Waals surface area contributed by atoms with E-state index >= 15 is 0 Å². The molecular formula is C9H16N2O2. The summed E-state index contributed by atoms with van der Waals surface area (Å²) in [5, 5.41) is 0. The van der Waals surface area contributed by atoms with Crippen molar-refractivity contribution in [3.8, 4) is 0 Å². The summed E-state index contributed by atoms with van der Waals surface area (Å²) in [5.41, 5.74) is 5.09. The molecule has 1 fully saturated rings. The summed E-state index contributed by atoms with van der Waals surface area (Å²) >= 11 is 0. The third kappa shape index (κ3) is 1.58. The number of nitrogens with zero attached hydrogens (tertiary/aromatic N) is 1. The molecule has 1 aliphatic heterocycles. The Kier molecular flexibility index (Phi) is 2.71. The van der Waals surface area contributed by atoms with Crippen LogP contribution in [0.1, 0.15) is 33.1 Å². The lowest BCUT2D eigenvalue weighted by Crippen LogP contribution is -2.53. The van der Waals surface area contributed by atoms with Gasteiger partial charge in [-0.2, -0.15) is 0 Å². The van der Waals surface area contributed by atoms with Crippen molar-refractivity contribution in [3.63, 3.8) is 0 Å². The van der Waals surface area contributed by atoms with E-state index in [9.17, 15) is 9.59 Å². The summed E-state index contributed by atoms with van der Waals surface area (Å²) in [5.74, 6) is -0.167. The van der Waals surface area contributed by atoms with E-state index in [1.807, 2.05) is 13.8 Å². The van der Waals surface area contributed by atoms with Crippen LogP contribution in [0.5, 0.6) is 0 Å². The van der Waals surface area contributed by atoms with Gasteiger partial charge in [0.2, 0.25) is 11.8 Å². The number of nitrogens with two attached hydrogens (primary N) is 1. The standard InChI is InChI=1S/C9H16N2O2/c1-3-9(2,6-10)11-7(12)4-5-8(11)13/h3-6,10H2,1-2H3. The predicted octanol–water partition coefficient (Wildman–Crippen LogP) is 0.263. The van der Waals surface area contributed by atoms with Crippen LogP contribution in [-0.2, 0) is 9.59 Å². The second-order valence-corrected chi connectivity index (χ2v) is 3.68. The summed E-state index contributed by atoms with van der Waals surface area (Å²) in [6, 6.07) is 0. The van der Waals surface area contributed by atoms with Crippen molar-refractivity contribution >= 4 is 11.8 Å². The molecule has 1 aliphatic rings. The smallest absolute Gasteiger partial charge is 0.230 e. The number of carbonyl (C=O) groups excluding carboxylic acids is 2. The van der Waals surface area contributed by atoms with Gasteiger partial charge < -0.3 is 5.73 Å². The molecular weight excluding hydrogens is 168 g/mol. The molecule has 1 unspecified atom stereocenters. The molecule has 1 saturated heterocycles. The van der Waals surface area contributed by atoms with E-state index in [-0.39, 0.29) is 11.8 Å². The van der Waals surface area contributed by atoms with Crippen LogP contribution < -0.4 is 5.73 Å². The highest BCUT2D eigenvalue weighted by Gasteiger charge is 2.40. The molecule has 1 rings (SSSR count). The van der Waals surface area contributed by atoms with E-state index in [0.717, 1.165) is 0 Å². The Morgan fingerprint density at radius 1 is 1.38 bits per heavy atom. The molecule has 0 radical (unpaired) electrons. The van der Waals surface area contributed by atoms with Crippen LogP contribution in [0.2, 0.25) is 0 Å². The van der Waals surface area contributed by atoms with E-state index in [1.54, 1.807) is 0 Å². The van der Waals surface area contributed by atoms with Gasteiger partial charge in [0, 0.05) is 19.4 Å². The highest BCUT2D eigenvalue weighted by atomic mass is 16.2. The Balaban J connectivity index is 2.90. The van der Waals surface area contributed by atoms with Gasteiger partial charge in [-0.15, -0.1) is 0 Å². The Morgan fingerprint density at radius 2 is 1.85 bits per heavy atom. The number of carbonyl (C=O) groups is 2. The summed E-state index contributed by atoms with van der Waals surface area (Å²) in [4.78, 5) is 24.1. The fraction of sp³-hybridized carbons (Fsp3) is 0.778. The van der Waals surface area contributed by atoms with Gasteiger partial charge >= 0.3 is 0 Å². The first-order chi connectivity index (χ1) is 6.05. The fourth-order valence-corrected chi connectivity index (χ4v) is 1.57. The molecule has 4 heteroatoms. The van der Waals surface area contributed by atoms with Crippen LogP contribution in [0.25, 0.3) is 0 Å². The van der Waals surface area contributed by atoms with Gasteiger partial charge in [-0.3, -0.25) is 14.5 Å². The van der Waals surface area contributed by atoms with Crippen molar-refractivity contribution in [2.75, 3.05) is 6.54 Å². The van der Waals surface area contributed by atoms with Crippen LogP contribution in [-0.4, -0.2) is 28.8 Å². The Hall–Kier alpha value is -0.900. The number of hydrogen-bond acceptors (Lipinski definition) is 3. The first kappa shape index (κ1) is 10.2. The summed E-state index contributed by atoms with van der Waals surface area (Å²) in [6.07, 6.45) is 1.39. The number of amides is 2. The van der Waals surface area contributed by atoms with Crippen LogP contribution in [0, 0.1) is 0 Å². The first-order valence-corrected chi connectivity index (χ1v) is 4.61. The topological polar surface area (TPSA) is 63.4 Å². The Morgan fingerprint density at radius 3 is 2.15 bits per heavy atom. The maximum atomic E-state index is 11.4. The number of rotatable bonds is 3. The number of likely N-dealkylation sites (tertiary alicyclic amines) is 1.